The van der Waals surface area contributed by atoms with E-state index >= 15 is 0 Å². The summed E-state index contributed by atoms with van der Waals surface area (Å²) in [4.78, 5) is 0. The van der Waals surface area contributed by atoms with Gasteiger partial charge in [0.15, 0.2) is 0 Å². The predicted octanol–water partition coefficient (Wildman–Crippen LogP) is 1.56. The van der Waals surface area contributed by atoms with Crippen LogP contribution in [0, 0.1) is 0 Å². The third-order valence-electron chi connectivity index (χ3n) is 1.40. The highest BCUT2D eigenvalue weighted by atomic mass is 16.3. The summed E-state index contributed by atoms with van der Waals surface area (Å²) in [6.45, 7) is 2.05. The first kappa shape index (κ1) is 6.36. The van der Waals surface area contributed by atoms with Gasteiger partial charge in [0.05, 0.1) is 12.3 Å². The molecule has 50 valence electrons. The highest BCUT2D eigenvalue weighted by molar-refractivity contribution is 5.02. The van der Waals surface area contributed by atoms with Gasteiger partial charge in [-0.15, -0.1) is 0 Å². The summed E-state index contributed by atoms with van der Waals surface area (Å²) < 4.78 is 5.12. The molecule has 1 aromatic heterocycles. The van der Waals surface area contributed by atoms with Crippen LogP contribution in [0.5, 0.6) is 0 Å². The van der Waals surface area contributed by atoms with Gasteiger partial charge in [-0.2, -0.15) is 0 Å². The van der Waals surface area contributed by atoms with Gasteiger partial charge in [-0.3, -0.25) is 0 Å². The van der Waals surface area contributed by atoms with Crippen LogP contribution in [0.15, 0.2) is 22.8 Å². The van der Waals surface area contributed by atoms with Gasteiger partial charge in [0.25, 0.3) is 0 Å². The van der Waals surface area contributed by atoms with E-state index in [4.69, 9.17) is 4.42 Å². The maximum absolute atomic E-state index is 5.12. The van der Waals surface area contributed by atoms with Crippen molar-refractivity contribution in [2.45, 2.75) is 13.0 Å². The Morgan fingerprint density at radius 1 is 1.67 bits per heavy atom. The molecule has 1 N–H and O–H groups in total. The Balaban J connectivity index is 2.65. The molecule has 0 unspecified atom stereocenters. The molecular weight excluding hydrogens is 114 g/mol. The molecule has 1 aromatic rings. The minimum absolute atomic E-state index is 0.319. The lowest BCUT2D eigenvalue weighted by Gasteiger charge is -2.03. The molecule has 1 atom stereocenters. The lowest BCUT2D eigenvalue weighted by atomic mass is 10.3. The van der Waals surface area contributed by atoms with E-state index in [-0.39, 0.29) is 0 Å². The Bertz CT molecular complexity index is 157. The Labute approximate surface area is 54.9 Å². The van der Waals surface area contributed by atoms with Crippen LogP contribution in [-0.4, -0.2) is 7.05 Å². The van der Waals surface area contributed by atoms with Gasteiger partial charge in [0.2, 0.25) is 0 Å². The van der Waals surface area contributed by atoms with Gasteiger partial charge >= 0.3 is 0 Å². The second-order valence-corrected chi connectivity index (χ2v) is 2.03. The van der Waals surface area contributed by atoms with E-state index < -0.39 is 0 Å². The standard InChI is InChI=1S/C7H11NO/c1-6(8-2)7-4-3-5-9-7/h3-6,8H,1-2H3/t6-/m0/s1. The molecule has 0 aliphatic rings. The predicted molar refractivity (Wildman–Crippen MR) is 36.2 cm³/mol. The SMILES string of the molecule is CN[C@@H](C)c1ccco1. The van der Waals surface area contributed by atoms with Crippen LogP contribution in [0.2, 0.25) is 0 Å². The fourth-order valence-corrected chi connectivity index (χ4v) is 0.680. The maximum Gasteiger partial charge on any atom is 0.120 e. The van der Waals surface area contributed by atoms with Crippen molar-refractivity contribution in [2.75, 3.05) is 7.05 Å². The van der Waals surface area contributed by atoms with Crippen molar-refractivity contribution < 1.29 is 4.42 Å². The molecule has 0 bridgehead atoms. The summed E-state index contributed by atoms with van der Waals surface area (Å²) >= 11 is 0. The monoisotopic (exact) mass is 125 g/mol. The van der Waals surface area contributed by atoms with Crippen LogP contribution in [0.1, 0.15) is 18.7 Å². The average Bonchev–Trinajstić information content (AvgIpc) is 2.37. The molecule has 0 spiro atoms. The second-order valence-electron chi connectivity index (χ2n) is 2.03. The maximum atomic E-state index is 5.12. The van der Waals surface area contributed by atoms with Gasteiger partial charge in [0.1, 0.15) is 5.76 Å². The Hall–Kier alpha value is -0.760. The van der Waals surface area contributed by atoms with Crippen LogP contribution in [-0.2, 0) is 0 Å². The largest absolute Gasteiger partial charge is 0.468 e. The molecular formula is C7H11NO. The summed E-state index contributed by atoms with van der Waals surface area (Å²) in [6.07, 6.45) is 1.68. The Morgan fingerprint density at radius 2 is 2.44 bits per heavy atom. The zero-order chi connectivity index (χ0) is 6.69. The van der Waals surface area contributed by atoms with E-state index in [0.29, 0.717) is 6.04 Å². The summed E-state index contributed by atoms with van der Waals surface area (Å²) in [6, 6.07) is 4.17. The zero-order valence-electron chi connectivity index (χ0n) is 5.72. The molecule has 0 aliphatic heterocycles. The molecule has 2 nitrogen and oxygen atoms in total. The molecule has 9 heavy (non-hydrogen) atoms. The van der Waals surface area contributed by atoms with Crippen LogP contribution in [0.25, 0.3) is 0 Å². The third-order valence-corrected chi connectivity index (χ3v) is 1.40. The average molecular weight is 125 g/mol. The van der Waals surface area contributed by atoms with Gasteiger partial charge < -0.3 is 9.73 Å². The minimum atomic E-state index is 0.319. The van der Waals surface area contributed by atoms with Gasteiger partial charge in [-0.1, -0.05) is 0 Å². The first-order valence-electron chi connectivity index (χ1n) is 3.05. The van der Waals surface area contributed by atoms with Crippen molar-refractivity contribution in [3.63, 3.8) is 0 Å². The number of rotatable bonds is 2. The zero-order valence-corrected chi connectivity index (χ0v) is 5.72. The highest BCUT2D eigenvalue weighted by Crippen LogP contribution is 2.10. The van der Waals surface area contributed by atoms with E-state index in [9.17, 15) is 0 Å². The van der Waals surface area contributed by atoms with Crippen molar-refractivity contribution in [2.24, 2.45) is 0 Å². The third kappa shape index (κ3) is 1.33. The Kier molecular flexibility index (Phi) is 1.90. The summed E-state index contributed by atoms with van der Waals surface area (Å²) in [5.41, 5.74) is 0. The van der Waals surface area contributed by atoms with Crippen LogP contribution in [0.3, 0.4) is 0 Å². The van der Waals surface area contributed by atoms with Gasteiger partial charge in [0, 0.05) is 0 Å². The van der Waals surface area contributed by atoms with E-state index in [1.807, 2.05) is 19.2 Å². The van der Waals surface area contributed by atoms with Crippen molar-refractivity contribution in [3.05, 3.63) is 24.2 Å². The molecule has 0 amide bonds. The number of hydrogen-bond donors (Lipinski definition) is 1. The van der Waals surface area contributed by atoms with Crippen molar-refractivity contribution in [1.29, 1.82) is 0 Å². The Morgan fingerprint density at radius 3 is 2.89 bits per heavy atom. The fourth-order valence-electron chi connectivity index (χ4n) is 0.680. The minimum Gasteiger partial charge on any atom is -0.468 e. The van der Waals surface area contributed by atoms with Crippen molar-refractivity contribution in [1.82, 2.24) is 5.32 Å². The summed E-state index contributed by atoms with van der Waals surface area (Å²) in [5, 5.41) is 3.07. The van der Waals surface area contributed by atoms with E-state index in [0.717, 1.165) is 5.76 Å². The molecule has 0 radical (unpaired) electrons. The quantitative estimate of drug-likeness (QED) is 0.648. The first-order chi connectivity index (χ1) is 4.34. The molecule has 1 heterocycles. The summed E-state index contributed by atoms with van der Waals surface area (Å²) in [7, 11) is 1.91. The molecule has 0 aromatic carbocycles. The topological polar surface area (TPSA) is 25.2 Å². The highest BCUT2D eigenvalue weighted by Gasteiger charge is 2.02. The second kappa shape index (κ2) is 2.69. The van der Waals surface area contributed by atoms with Crippen LogP contribution < -0.4 is 5.32 Å². The van der Waals surface area contributed by atoms with Crippen molar-refractivity contribution in [3.8, 4) is 0 Å². The van der Waals surface area contributed by atoms with Crippen LogP contribution in [0.4, 0.5) is 0 Å². The normalized spacial score (nSPS) is 13.6. The lowest BCUT2D eigenvalue weighted by molar-refractivity contribution is 0.449. The molecule has 0 aliphatic carbocycles. The molecule has 0 saturated carbocycles. The van der Waals surface area contributed by atoms with E-state index in [1.165, 1.54) is 0 Å². The van der Waals surface area contributed by atoms with Gasteiger partial charge in [-0.25, -0.2) is 0 Å². The number of furan rings is 1. The van der Waals surface area contributed by atoms with Crippen molar-refractivity contribution >= 4 is 0 Å². The van der Waals surface area contributed by atoms with Crippen LogP contribution >= 0.6 is 0 Å². The molecule has 1 rings (SSSR count). The lowest BCUT2D eigenvalue weighted by Crippen LogP contribution is -2.10. The number of nitrogens with one attached hydrogen (secondary N) is 1. The molecule has 2 heteroatoms. The molecule has 0 saturated heterocycles. The smallest absolute Gasteiger partial charge is 0.120 e. The molecule has 0 fully saturated rings. The number of hydrogen-bond acceptors (Lipinski definition) is 2. The summed E-state index contributed by atoms with van der Waals surface area (Å²) in [5.74, 6) is 0.984. The van der Waals surface area contributed by atoms with Gasteiger partial charge in [-0.05, 0) is 26.1 Å². The van der Waals surface area contributed by atoms with E-state index in [2.05, 4.69) is 12.2 Å². The fraction of sp³-hybridized carbons (Fsp3) is 0.429. The first-order valence-corrected chi connectivity index (χ1v) is 3.05. The van der Waals surface area contributed by atoms with E-state index in [1.54, 1.807) is 6.26 Å².